The summed E-state index contributed by atoms with van der Waals surface area (Å²) in [6.07, 6.45) is -11.4. The number of aliphatic carboxylic acids is 2. The molecule has 328 valence electrons. The van der Waals surface area contributed by atoms with Crippen molar-refractivity contribution in [1.29, 1.82) is 0 Å². The molecule has 0 aromatic carbocycles. The van der Waals surface area contributed by atoms with Gasteiger partial charge in [-0.05, 0) is 97.2 Å². The van der Waals surface area contributed by atoms with E-state index < -0.39 is 102 Å². The molecule has 16 heteroatoms. The largest absolute Gasteiger partial charge is 0.479 e. The number of ether oxygens (including phenoxy) is 4. The number of hydrogen-bond donors (Lipinski definition) is 9. The Morgan fingerprint density at radius 1 is 0.759 bits per heavy atom. The molecule has 58 heavy (non-hydrogen) atoms. The van der Waals surface area contributed by atoms with Crippen molar-refractivity contribution in [3.05, 3.63) is 11.6 Å². The number of aldehydes is 1. The van der Waals surface area contributed by atoms with Gasteiger partial charge in [-0.1, -0.05) is 53.2 Å². The average molecular weight is 825 g/mol. The Bertz CT molecular complexity index is 1650. The minimum atomic E-state index is -2.05. The number of rotatable bonds is 8. The maximum Gasteiger partial charge on any atom is 0.335 e. The van der Waals surface area contributed by atoms with Crippen molar-refractivity contribution in [1.82, 2.24) is 0 Å². The van der Waals surface area contributed by atoms with Crippen LogP contribution in [0.2, 0.25) is 0 Å². The lowest BCUT2D eigenvalue weighted by atomic mass is 9.33. The summed E-state index contributed by atoms with van der Waals surface area (Å²) in [7, 11) is 0. The summed E-state index contributed by atoms with van der Waals surface area (Å²) in [6.45, 7) is 12.9. The van der Waals surface area contributed by atoms with Crippen molar-refractivity contribution in [2.45, 2.75) is 173 Å². The zero-order chi connectivity index (χ0) is 42.7. The van der Waals surface area contributed by atoms with Gasteiger partial charge in [-0.15, -0.1) is 0 Å². The van der Waals surface area contributed by atoms with Crippen LogP contribution in [-0.4, -0.2) is 144 Å². The third-order valence-corrected chi connectivity index (χ3v) is 17.3. The SMILES string of the molecule is CC1(C)[C@H](O[C@H]2O[C@@H](C(=O)O)[C@H](O)[C@@H](O)[C@@H]2O[C@@H]2O[C@H](C(=O)O)[C@@H](O)[C@@H](O)[C@@H]2O)CC[C@]2(C=O)[C@H]1CC[C@]1(C)[C@H]2CC=C2[C@@H]3C[C@](C)(CO)C[C@H](O)[C@@]3(C)CC[C@@]21C. The number of carbonyl (C=O) groups is 3. The Morgan fingerprint density at radius 2 is 1.38 bits per heavy atom. The predicted molar refractivity (Wildman–Crippen MR) is 200 cm³/mol. The second kappa shape index (κ2) is 14.8. The molecular formula is C42H64O16. The number of hydrogen-bond acceptors (Lipinski definition) is 14. The van der Waals surface area contributed by atoms with Crippen LogP contribution in [0, 0.1) is 50.2 Å². The zero-order valence-electron chi connectivity index (χ0n) is 34.3. The first kappa shape index (κ1) is 44.0. The molecule has 7 rings (SSSR count). The van der Waals surface area contributed by atoms with Gasteiger partial charge < -0.3 is 69.7 Å². The Hall–Kier alpha value is -2.09. The van der Waals surface area contributed by atoms with E-state index in [1.807, 2.05) is 13.8 Å². The molecule has 0 aromatic rings. The first-order chi connectivity index (χ1) is 27.0. The van der Waals surface area contributed by atoms with Gasteiger partial charge in [-0.3, -0.25) is 0 Å². The van der Waals surface area contributed by atoms with E-state index in [-0.39, 0.29) is 40.6 Å². The summed E-state index contributed by atoms with van der Waals surface area (Å²) in [6, 6.07) is 0. The highest BCUT2D eigenvalue weighted by atomic mass is 16.8. The van der Waals surface area contributed by atoms with E-state index in [0.717, 1.165) is 32.0 Å². The van der Waals surface area contributed by atoms with Crippen LogP contribution in [-0.2, 0) is 33.3 Å². The van der Waals surface area contributed by atoms with Gasteiger partial charge in [0, 0.05) is 17.4 Å². The molecule has 0 unspecified atom stereocenters. The summed E-state index contributed by atoms with van der Waals surface area (Å²) in [5, 5.41) is 94.7. The number of allylic oxidation sites excluding steroid dienone is 2. The van der Waals surface area contributed by atoms with Gasteiger partial charge in [-0.25, -0.2) is 9.59 Å². The maximum atomic E-state index is 13.8. The van der Waals surface area contributed by atoms with Crippen molar-refractivity contribution in [3.8, 4) is 0 Å². The molecule has 4 saturated carbocycles. The van der Waals surface area contributed by atoms with Gasteiger partial charge in [0.2, 0.25) is 0 Å². The standard InChI is InChI=1S/C42H64O16/c1-37(2)21-9-11-41(6)22(8-7-19-20-15-38(3,17-43)16-23(45)39(20,4)13-14-40(19,41)5)42(21,18-44)12-10-24(37)55-36-32(28(49)27(48)31(57-36)34(53)54)58-35-29(50)25(46)26(47)30(56-35)33(51)52/h7,18,20-32,35-36,43,45-50H,8-17H2,1-6H3,(H,51,52)(H,53,54)/t20-,21-,22+,23-,24+,25+,26-,27+,28+,29-,30-,31+,32-,35-,36-,38-,39-,40-,41+,42-/m0/s1. The fourth-order valence-electron chi connectivity index (χ4n) is 13.4. The van der Waals surface area contributed by atoms with Gasteiger partial charge in [0.05, 0.1) is 12.2 Å². The quantitative estimate of drug-likeness (QED) is 0.0943. The van der Waals surface area contributed by atoms with Gasteiger partial charge in [0.15, 0.2) is 24.8 Å². The minimum absolute atomic E-state index is 0.00118. The van der Waals surface area contributed by atoms with E-state index in [1.54, 1.807) is 0 Å². The summed E-state index contributed by atoms with van der Waals surface area (Å²) >= 11 is 0. The summed E-state index contributed by atoms with van der Waals surface area (Å²) in [4.78, 5) is 37.8. The summed E-state index contributed by atoms with van der Waals surface area (Å²) in [5.41, 5.74) is -1.42. The topological polar surface area (TPSA) is 270 Å². The van der Waals surface area contributed by atoms with E-state index in [4.69, 9.17) is 18.9 Å². The minimum Gasteiger partial charge on any atom is -0.479 e. The molecule has 0 bridgehead atoms. The molecule has 0 spiro atoms. The fourth-order valence-corrected chi connectivity index (χ4v) is 13.4. The van der Waals surface area contributed by atoms with Gasteiger partial charge in [-0.2, -0.15) is 0 Å². The lowest BCUT2D eigenvalue weighted by Gasteiger charge is -2.71. The number of aliphatic hydroxyl groups is 7. The van der Waals surface area contributed by atoms with E-state index in [9.17, 15) is 60.3 Å². The Balaban J connectivity index is 1.18. The van der Waals surface area contributed by atoms with Crippen molar-refractivity contribution >= 4 is 18.2 Å². The first-order valence-corrected chi connectivity index (χ1v) is 20.9. The van der Waals surface area contributed by atoms with Crippen molar-refractivity contribution in [2.24, 2.45) is 50.2 Å². The number of fused-ring (bicyclic) bond motifs is 7. The van der Waals surface area contributed by atoms with E-state index in [1.165, 1.54) is 5.57 Å². The molecule has 5 aliphatic carbocycles. The lowest BCUT2D eigenvalue weighted by molar-refractivity contribution is -0.371. The van der Waals surface area contributed by atoms with Crippen LogP contribution in [0.3, 0.4) is 0 Å². The van der Waals surface area contributed by atoms with E-state index in [2.05, 4.69) is 33.8 Å². The fraction of sp³-hybridized carbons (Fsp3) is 0.881. The average Bonchev–Trinajstić information content (AvgIpc) is 3.16. The normalized spacial score (nSPS) is 53.8. The van der Waals surface area contributed by atoms with Crippen LogP contribution in [0.25, 0.3) is 0 Å². The second-order valence-corrected chi connectivity index (χ2v) is 20.5. The van der Waals surface area contributed by atoms with Crippen molar-refractivity contribution in [3.63, 3.8) is 0 Å². The van der Waals surface area contributed by atoms with Crippen LogP contribution in [0.5, 0.6) is 0 Å². The Morgan fingerprint density at radius 3 is 1.98 bits per heavy atom. The molecule has 2 heterocycles. The van der Waals surface area contributed by atoms with Gasteiger partial charge in [0.1, 0.15) is 42.9 Å². The van der Waals surface area contributed by atoms with Gasteiger partial charge in [0.25, 0.3) is 0 Å². The molecule has 0 radical (unpaired) electrons. The van der Waals surface area contributed by atoms with Crippen molar-refractivity contribution < 1.29 is 79.3 Å². The van der Waals surface area contributed by atoms with Crippen LogP contribution >= 0.6 is 0 Å². The smallest absolute Gasteiger partial charge is 0.335 e. The molecule has 9 N–H and O–H groups in total. The highest BCUT2D eigenvalue weighted by molar-refractivity contribution is 5.74. The maximum absolute atomic E-state index is 13.8. The zero-order valence-corrected chi connectivity index (χ0v) is 34.3. The number of carbonyl (C=O) groups excluding carboxylic acids is 1. The highest BCUT2D eigenvalue weighted by Gasteiger charge is 2.70. The molecule has 16 nitrogen and oxygen atoms in total. The lowest BCUT2D eigenvalue weighted by Crippen LogP contribution is -2.68. The molecule has 0 aromatic heterocycles. The summed E-state index contributed by atoms with van der Waals surface area (Å²) in [5.74, 6) is -3.42. The third-order valence-electron chi connectivity index (χ3n) is 17.3. The first-order valence-electron chi connectivity index (χ1n) is 20.9. The van der Waals surface area contributed by atoms with E-state index >= 15 is 0 Å². The van der Waals surface area contributed by atoms with Crippen LogP contribution in [0.1, 0.15) is 99.3 Å². The van der Waals surface area contributed by atoms with Gasteiger partial charge >= 0.3 is 11.9 Å². The summed E-state index contributed by atoms with van der Waals surface area (Å²) < 4.78 is 23.4. The Labute approximate surface area is 338 Å². The molecule has 0 amide bonds. The Kier molecular flexibility index (Phi) is 11.2. The molecule has 20 atom stereocenters. The van der Waals surface area contributed by atoms with Crippen molar-refractivity contribution in [2.75, 3.05) is 6.61 Å². The second-order valence-electron chi connectivity index (χ2n) is 20.5. The number of carboxylic acid groups (broad SMARTS) is 2. The highest BCUT2D eigenvalue weighted by Crippen LogP contribution is 2.75. The molecule has 2 aliphatic heterocycles. The molecular weight excluding hydrogens is 760 g/mol. The molecule has 2 saturated heterocycles. The molecule has 6 fully saturated rings. The monoisotopic (exact) mass is 824 g/mol. The molecule has 7 aliphatic rings. The number of aliphatic hydroxyl groups excluding tert-OH is 7. The van der Waals surface area contributed by atoms with Crippen LogP contribution in [0.15, 0.2) is 11.6 Å². The van der Waals surface area contributed by atoms with Crippen LogP contribution < -0.4 is 0 Å². The predicted octanol–water partition coefficient (Wildman–Crippen LogP) is 1.12. The van der Waals surface area contributed by atoms with Crippen LogP contribution in [0.4, 0.5) is 0 Å². The van der Waals surface area contributed by atoms with E-state index in [0.29, 0.717) is 32.1 Å². The third kappa shape index (κ3) is 6.29. The number of carboxylic acids is 2.